The van der Waals surface area contributed by atoms with Gasteiger partial charge in [0.15, 0.2) is 11.5 Å². The van der Waals surface area contributed by atoms with Gasteiger partial charge >= 0.3 is 5.97 Å². The zero-order valence-electron chi connectivity index (χ0n) is 12.5. The molecule has 2 aromatic carbocycles. The Labute approximate surface area is 129 Å². The maximum Gasteiger partial charge on any atom is 0.338 e. The van der Waals surface area contributed by atoms with Crippen LogP contribution in [0.4, 0.5) is 0 Å². The van der Waals surface area contributed by atoms with Gasteiger partial charge in [0.2, 0.25) is 0 Å². The molecule has 5 nitrogen and oxygen atoms in total. The lowest BCUT2D eigenvalue weighted by Gasteiger charge is -2.08. The first kappa shape index (κ1) is 15.7. The fraction of sp³-hybridized carbons (Fsp3) is 0.235. The highest BCUT2D eigenvalue weighted by atomic mass is 16.5. The first-order valence-corrected chi connectivity index (χ1v) is 6.81. The number of methoxy groups -OCH3 is 2. The smallest absolute Gasteiger partial charge is 0.338 e. The molecular weight excluding hydrogens is 284 g/mol. The van der Waals surface area contributed by atoms with Crippen LogP contribution in [-0.2, 0) is 11.2 Å². The van der Waals surface area contributed by atoms with Gasteiger partial charge in [0, 0.05) is 6.42 Å². The highest BCUT2D eigenvalue weighted by molar-refractivity contribution is 5.90. The van der Waals surface area contributed by atoms with E-state index in [2.05, 4.69) is 0 Å². The molecule has 0 heterocycles. The molecule has 22 heavy (non-hydrogen) atoms. The van der Waals surface area contributed by atoms with Crippen molar-refractivity contribution in [1.29, 1.82) is 0 Å². The lowest BCUT2D eigenvalue weighted by atomic mass is 10.1. The highest BCUT2D eigenvalue weighted by Crippen LogP contribution is 2.26. The molecule has 2 aromatic rings. The monoisotopic (exact) mass is 302 g/mol. The lowest BCUT2D eigenvalue weighted by Crippen LogP contribution is -2.08. The first-order valence-electron chi connectivity index (χ1n) is 6.81. The summed E-state index contributed by atoms with van der Waals surface area (Å²) in [7, 11) is 3.04. The largest absolute Gasteiger partial charge is 0.504 e. The van der Waals surface area contributed by atoms with Crippen molar-refractivity contribution in [2.45, 2.75) is 6.42 Å². The zero-order valence-corrected chi connectivity index (χ0v) is 12.5. The summed E-state index contributed by atoms with van der Waals surface area (Å²) in [5.74, 6) is 0.561. The van der Waals surface area contributed by atoms with E-state index >= 15 is 0 Å². The molecule has 0 spiro atoms. The predicted molar refractivity (Wildman–Crippen MR) is 81.6 cm³/mol. The average Bonchev–Trinajstić information content (AvgIpc) is 2.55. The Kier molecular flexibility index (Phi) is 5.25. The van der Waals surface area contributed by atoms with E-state index in [0.717, 1.165) is 11.3 Å². The number of phenolic OH excluding ortho intramolecular Hbond substituents is 1. The van der Waals surface area contributed by atoms with Crippen molar-refractivity contribution in [3.8, 4) is 17.2 Å². The zero-order chi connectivity index (χ0) is 15.9. The minimum Gasteiger partial charge on any atom is -0.504 e. The van der Waals surface area contributed by atoms with Crippen molar-refractivity contribution >= 4 is 5.97 Å². The Morgan fingerprint density at radius 2 is 1.77 bits per heavy atom. The summed E-state index contributed by atoms with van der Waals surface area (Å²) in [4.78, 5) is 11.9. The topological polar surface area (TPSA) is 65.0 Å². The second-order valence-electron chi connectivity index (χ2n) is 4.62. The molecule has 0 fully saturated rings. The normalized spacial score (nSPS) is 10.1. The van der Waals surface area contributed by atoms with Crippen LogP contribution in [0.15, 0.2) is 42.5 Å². The molecular formula is C17H18O5. The molecule has 5 heteroatoms. The van der Waals surface area contributed by atoms with Crippen molar-refractivity contribution < 1.29 is 24.1 Å². The lowest BCUT2D eigenvalue weighted by molar-refractivity contribution is 0.0509. The molecule has 1 N–H and O–H groups in total. The van der Waals surface area contributed by atoms with Gasteiger partial charge in [0.1, 0.15) is 5.75 Å². The molecule has 0 saturated carbocycles. The summed E-state index contributed by atoms with van der Waals surface area (Å²) in [6.45, 7) is 0.272. The molecule has 0 unspecified atom stereocenters. The molecule has 0 aromatic heterocycles. The quantitative estimate of drug-likeness (QED) is 0.831. The third-order valence-corrected chi connectivity index (χ3v) is 3.20. The number of carbonyl (C=O) groups excluding carboxylic acids is 1. The van der Waals surface area contributed by atoms with Gasteiger partial charge in [-0.1, -0.05) is 12.1 Å². The second-order valence-corrected chi connectivity index (χ2v) is 4.62. The van der Waals surface area contributed by atoms with Crippen LogP contribution >= 0.6 is 0 Å². The molecule has 0 aliphatic carbocycles. The Bertz CT molecular complexity index is 634. The van der Waals surface area contributed by atoms with E-state index in [1.54, 1.807) is 7.11 Å². The van der Waals surface area contributed by atoms with Crippen LogP contribution in [0.1, 0.15) is 15.9 Å². The van der Waals surface area contributed by atoms with Gasteiger partial charge in [0.25, 0.3) is 0 Å². The average molecular weight is 302 g/mol. The fourth-order valence-electron chi connectivity index (χ4n) is 1.94. The van der Waals surface area contributed by atoms with E-state index in [4.69, 9.17) is 14.2 Å². The van der Waals surface area contributed by atoms with E-state index in [1.807, 2.05) is 24.3 Å². The minimum atomic E-state index is -0.452. The Balaban J connectivity index is 1.89. The van der Waals surface area contributed by atoms with Crippen molar-refractivity contribution in [3.63, 3.8) is 0 Å². The van der Waals surface area contributed by atoms with Crippen LogP contribution in [-0.4, -0.2) is 31.9 Å². The van der Waals surface area contributed by atoms with Gasteiger partial charge in [-0.05, 0) is 35.9 Å². The van der Waals surface area contributed by atoms with Gasteiger partial charge in [0.05, 0.1) is 26.4 Å². The summed E-state index contributed by atoms with van der Waals surface area (Å²) in [6, 6.07) is 11.9. The van der Waals surface area contributed by atoms with Crippen LogP contribution in [0.5, 0.6) is 17.2 Å². The van der Waals surface area contributed by atoms with E-state index in [9.17, 15) is 9.90 Å². The molecule has 0 amide bonds. The Morgan fingerprint density at radius 1 is 1.05 bits per heavy atom. The first-order chi connectivity index (χ1) is 10.6. The number of carbonyl (C=O) groups is 1. The Hall–Kier alpha value is -2.69. The number of benzene rings is 2. The summed E-state index contributed by atoms with van der Waals surface area (Å²) < 4.78 is 15.3. The molecule has 0 atom stereocenters. The van der Waals surface area contributed by atoms with E-state index in [-0.39, 0.29) is 18.1 Å². The predicted octanol–water partition coefficient (Wildman–Crippen LogP) is 2.81. The van der Waals surface area contributed by atoms with E-state index in [1.165, 1.54) is 25.3 Å². The van der Waals surface area contributed by atoms with Crippen LogP contribution in [0.2, 0.25) is 0 Å². The molecule has 0 aliphatic heterocycles. The van der Waals surface area contributed by atoms with Crippen molar-refractivity contribution in [1.82, 2.24) is 0 Å². The highest BCUT2D eigenvalue weighted by Gasteiger charge is 2.11. The van der Waals surface area contributed by atoms with Crippen LogP contribution in [0.25, 0.3) is 0 Å². The van der Waals surface area contributed by atoms with Crippen molar-refractivity contribution in [3.05, 3.63) is 53.6 Å². The summed E-state index contributed by atoms with van der Waals surface area (Å²) >= 11 is 0. The number of hydrogen-bond donors (Lipinski definition) is 1. The summed E-state index contributed by atoms with van der Waals surface area (Å²) in [5.41, 5.74) is 1.39. The molecule has 0 radical (unpaired) electrons. The number of ether oxygens (including phenoxy) is 3. The SMILES string of the molecule is COc1ccc(CCOC(=O)c2ccc(O)c(OC)c2)cc1. The van der Waals surface area contributed by atoms with E-state index in [0.29, 0.717) is 12.0 Å². The maximum absolute atomic E-state index is 11.9. The van der Waals surface area contributed by atoms with Gasteiger partial charge in [-0.25, -0.2) is 4.79 Å². The number of rotatable bonds is 6. The van der Waals surface area contributed by atoms with Crippen LogP contribution < -0.4 is 9.47 Å². The molecule has 2 rings (SSSR count). The van der Waals surface area contributed by atoms with Gasteiger partial charge < -0.3 is 19.3 Å². The van der Waals surface area contributed by atoms with Crippen molar-refractivity contribution in [2.75, 3.05) is 20.8 Å². The van der Waals surface area contributed by atoms with Crippen molar-refractivity contribution in [2.24, 2.45) is 0 Å². The third kappa shape index (κ3) is 3.91. The maximum atomic E-state index is 11.9. The van der Waals surface area contributed by atoms with Crippen LogP contribution in [0.3, 0.4) is 0 Å². The molecule has 116 valence electrons. The Morgan fingerprint density at radius 3 is 2.41 bits per heavy atom. The van der Waals surface area contributed by atoms with E-state index < -0.39 is 5.97 Å². The molecule has 0 aliphatic rings. The number of aromatic hydroxyl groups is 1. The summed E-state index contributed by atoms with van der Waals surface area (Å²) in [6.07, 6.45) is 0.616. The standard InChI is InChI=1S/C17H18O5/c1-20-14-6-3-12(4-7-14)9-10-22-17(19)13-5-8-15(18)16(11-13)21-2/h3-8,11,18H,9-10H2,1-2H3. The van der Waals surface area contributed by atoms with Crippen LogP contribution in [0, 0.1) is 0 Å². The van der Waals surface area contributed by atoms with Gasteiger partial charge in [-0.15, -0.1) is 0 Å². The number of hydrogen-bond acceptors (Lipinski definition) is 5. The fourth-order valence-corrected chi connectivity index (χ4v) is 1.94. The molecule has 0 saturated heterocycles. The number of phenols is 1. The third-order valence-electron chi connectivity index (χ3n) is 3.20. The minimum absolute atomic E-state index is 0.0164. The number of esters is 1. The van der Waals surface area contributed by atoms with Gasteiger partial charge in [-0.2, -0.15) is 0 Å². The summed E-state index contributed by atoms with van der Waals surface area (Å²) in [5, 5.41) is 9.50. The van der Waals surface area contributed by atoms with Gasteiger partial charge in [-0.3, -0.25) is 0 Å². The molecule has 0 bridgehead atoms. The second kappa shape index (κ2) is 7.36.